The number of carbonyl (C=O) groups is 1. The van der Waals surface area contributed by atoms with Gasteiger partial charge in [-0.15, -0.1) is 0 Å². The van der Waals surface area contributed by atoms with E-state index in [0.29, 0.717) is 5.39 Å². The van der Waals surface area contributed by atoms with Gasteiger partial charge >= 0.3 is 5.97 Å². The first-order chi connectivity index (χ1) is 9.58. The van der Waals surface area contributed by atoms with Crippen LogP contribution < -0.4 is 5.56 Å². The molecule has 0 spiro atoms. The second-order valence-electron chi connectivity index (χ2n) is 4.15. The fraction of sp³-hybridized carbons (Fsp3) is 0. The number of rotatable bonds is 2. The topological polar surface area (TPSA) is 59.3 Å². The van der Waals surface area contributed by atoms with E-state index in [-0.39, 0.29) is 16.8 Å². The summed E-state index contributed by atoms with van der Waals surface area (Å²) in [6.07, 6.45) is 0. The molecule has 0 aliphatic carbocycles. The number of carboxylic acid groups (broad SMARTS) is 1. The quantitative estimate of drug-likeness (QED) is 0.789. The monoisotopic (exact) mass is 289 g/mol. The molecule has 3 rings (SSSR count). The molecule has 0 radical (unpaired) electrons. The van der Waals surface area contributed by atoms with E-state index < -0.39 is 11.8 Å². The van der Waals surface area contributed by atoms with Crippen LogP contribution in [0.15, 0.2) is 47.3 Å². The summed E-state index contributed by atoms with van der Waals surface area (Å²) in [5.74, 6) is -1.93. The first-order valence-corrected chi connectivity index (χ1v) is 6.49. The highest BCUT2D eigenvalue weighted by Gasteiger charge is 2.16. The third kappa shape index (κ3) is 1.90. The molecule has 0 bridgehead atoms. The molecule has 0 saturated heterocycles. The second kappa shape index (κ2) is 4.57. The van der Waals surface area contributed by atoms with Crippen molar-refractivity contribution in [3.8, 4) is 5.69 Å². The molecule has 0 amide bonds. The van der Waals surface area contributed by atoms with Gasteiger partial charge in [0, 0.05) is 0 Å². The van der Waals surface area contributed by atoms with Gasteiger partial charge < -0.3 is 5.11 Å². The molecule has 0 atom stereocenters. The second-order valence-corrected chi connectivity index (χ2v) is 5.14. The van der Waals surface area contributed by atoms with Crippen molar-refractivity contribution in [3.05, 3.63) is 64.2 Å². The fourth-order valence-corrected chi connectivity index (χ4v) is 3.02. The Labute approximate surface area is 116 Å². The lowest BCUT2D eigenvalue weighted by Gasteiger charge is -2.05. The van der Waals surface area contributed by atoms with Gasteiger partial charge in [0.1, 0.15) is 5.82 Å². The van der Waals surface area contributed by atoms with Gasteiger partial charge in [0.2, 0.25) is 0 Å². The Kier molecular flexibility index (Phi) is 2.87. The van der Waals surface area contributed by atoms with Crippen LogP contribution in [-0.2, 0) is 0 Å². The van der Waals surface area contributed by atoms with Crippen molar-refractivity contribution in [1.29, 1.82) is 0 Å². The SMILES string of the molecule is O=C(O)c1cc(F)ccc1-n1sc2ccccc2c1=O. The van der Waals surface area contributed by atoms with Gasteiger partial charge in [-0.2, -0.15) is 0 Å². The van der Waals surface area contributed by atoms with Crippen LogP contribution in [0.25, 0.3) is 15.8 Å². The molecule has 3 aromatic rings. The van der Waals surface area contributed by atoms with Gasteiger partial charge in [-0.05, 0) is 30.3 Å². The molecular weight excluding hydrogens is 281 g/mol. The number of fused-ring (bicyclic) bond motifs is 1. The number of hydrogen-bond acceptors (Lipinski definition) is 3. The minimum Gasteiger partial charge on any atom is -0.478 e. The summed E-state index contributed by atoms with van der Waals surface area (Å²) in [7, 11) is 0. The molecule has 20 heavy (non-hydrogen) atoms. The van der Waals surface area contributed by atoms with Crippen LogP contribution in [0.3, 0.4) is 0 Å². The summed E-state index contributed by atoms with van der Waals surface area (Å²) in [4.78, 5) is 23.5. The maximum Gasteiger partial charge on any atom is 0.337 e. The van der Waals surface area contributed by atoms with Crippen LogP contribution in [-0.4, -0.2) is 15.0 Å². The number of benzene rings is 2. The lowest BCUT2D eigenvalue weighted by atomic mass is 10.2. The number of halogens is 1. The molecule has 100 valence electrons. The van der Waals surface area contributed by atoms with Crippen LogP contribution in [0.5, 0.6) is 0 Å². The molecular formula is C14H8FNO3S. The first kappa shape index (κ1) is 12.6. The number of aromatic nitrogens is 1. The van der Waals surface area contributed by atoms with Crippen molar-refractivity contribution >= 4 is 27.6 Å². The predicted molar refractivity (Wildman–Crippen MR) is 74.3 cm³/mol. The van der Waals surface area contributed by atoms with Crippen molar-refractivity contribution in [2.24, 2.45) is 0 Å². The number of hydrogen-bond donors (Lipinski definition) is 1. The highest BCUT2D eigenvalue weighted by atomic mass is 32.1. The Bertz CT molecular complexity index is 882. The summed E-state index contributed by atoms with van der Waals surface area (Å²) in [5, 5.41) is 9.65. The van der Waals surface area contributed by atoms with E-state index in [9.17, 15) is 14.0 Å². The van der Waals surface area contributed by atoms with E-state index in [0.717, 1.165) is 28.4 Å². The largest absolute Gasteiger partial charge is 0.478 e. The minimum atomic E-state index is -1.27. The fourth-order valence-electron chi connectivity index (χ4n) is 1.99. The zero-order valence-corrected chi connectivity index (χ0v) is 10.9. The van der Waals surface area contributed by atoms with Gasteiger partial charge in [0.15, 0.2) is 0 Å². The lowest BCUT2D eigenvalue weighted by Crippen LogP contribution is -2.14. The molecule has 6 heteroatoms. The number of carboxylic acids is 1. The molecule has 0 fully saturated rings. The van der Waals surface area contributed by atoms with Crippen molar-refractivity contribution in [1.82, 2.24) is 3.96 Å². The first-order valence-electron chi connectivity index (χ1n) is 5.72. The average Bonchev–Trinajstić information content (AvgIpc) is 2.76. The van der Waals surface area contributed by atoms with E-state index in [4.69, 9.17) is 5.11 Å². The summed E-state index contributed by atoms with van der Waals surface area (Å²) < 4.78 is 15.2. The molecule has 0 unspecified atom stereocenters. The Hall–Kier alpha value is -2.47. The highest BCUT2D eigenvalue weighted by Crippen LogP contribution is 2.22. The molecule has 4 nitrogen and oxygen atoms in total. The standard InChI is InChI=1S/C14H8FNO3S/c15-8-5-6-11(10(7-8)14(18)19)16-13(17)9-3-1-2-4-12(9)20-16/h1-7H,(H,18,19). The molecule has 1 aromatic heterocycles. The molecule has 1 heterocycles. The van der Waals surface area contributed by atoms with E-state index in [2.05, 4.69) is 0 Å². The molecule has 0 aliphatic heterocycles. The van der Waals surface area contributed by atoms with E-state index in [1.54, 1.807) is 24.3 Å². The smallest absolute Gasteiger partial charge is 0.337 e. The van der Waals surface area contributed by atoms with Gasteiger partial charge in [-0.25, -0.2) is 13.1 Å². The molecule has 0 saturated carbocycles. The maximum absolute atomic E-state index is 13.2. The lowest BCUT2D eigenvalue weighted by molar-refractivity contribution is 0.0696. The zero-order chi connectivity index (χ0) is 14.3. The van der Waals surface area contributed by atoms with E-state index in [1.165, 1.54) is 10.0 Å². The van der Waals surface area contributed by atoms with Gasteiger partial charge in [0.25, 0.3) is 5.56 Å². The van der Waals surface area contributed by atoms with Gasteiger partial charge in [0.05, 0.1) is 21.3 Å². The zero-order valence-electron chi connectivity index (χ0n) is 10.0. The minimum absolute atomic E-state index is 0.171. The Balaban J connectivity index is 2.34. The molecule has 1 N–H and O–H groups in total. The highest BCUT2D eigenvalue weighted by molar-refractivity contribution is 7.14. The predicted octanol–water partition coefficient (Wildman–Crippen LogP) is 2.89. The van der Waals surface area contributed by atoms with Crippen molar-refractivity contribution in [2.75, 3.05) is 0 Å². The molecule has 2 aromatic carbocycles. The average molecular weight is 289 g/mol. The molecule has 0 aliphatic rings. The van der Waals surface area contributed by atoms with Crippen LogP contribution in [0.1, 0.15) is 10.4 Å². The van der Waals surface area contributed by atoms with Crippen molar-refractivity contribution in [2.45, 2.75) is 0 Å². The van der Waals surface area contributed by atoms with Crippen molar-refractivity contribution < 1.29 is 14.3 Å². The van der Waals surface area contributed by atoms with Crippen LogP contribution in [0.4, 0.5) is 4.39 Å². The third-order valence-corrected chi connectivity index (χ3v) is 4.00. The van der Waals surface area contributed by atoms with Crippen LogP contribution >= 0.6 is 11.5 Å². The summed E-state index contributed by atoms with van der Waals surface area (Å²) in [5.41, 5.74) is -0.372. The van der Waals surface area contributed by atoms with E-state index in [1.807, 2.05) is 0 Å². The van der Waals surface area contributed by atoms with Gasteiger partial charge in [-0.1, -0.05) is 23.7 Å². The van der Waals surface area contributed by atoms with E-state index >= 15 is 0 Å². The normalized spacial score (nSPS) is 10.8. The summed E-state index contributed by atoms with van der Waals surface area (Å²) in [6, 6.07) is 10.3. The summed E-state index contributed by atoms with van der Waals surface area (Å²) in [6.45, 7) is 0. The summed E-state index contributed by atoms with van der Waals surface area (Å²) >= 11 is 1.13. The Morgan fingerprint density at radius 1 is 1.20 bits per heavy atom. The number of nitrogens with zero attached hydrogens (tertiary/aromatic N) is 1. The maximum atomic E-state index is 13.2. The van der Waals surface area contributed by atoms with Crippen molar-refractivity contribution in [3.63, 3.8) is 0 Å². The third-order valence-electron chi connectivity index (χ3n) is 2.90. The number of aromatic carboxylic acids is 1. The van der Waals surface area contributed by atoms with Gasteiger partial charge in [-0.3, -0.25) is 4.79 Å². The van der Waals surface area contributed by atoms with Crippen LogP contribution in [0, 0.1) is 5.82 Å². The Morgan fingerprint density at radius 2 is 1.95 bits per heavy atom. The Morgan fingerprint density at radius 3 is 2.65 bits per heavy atom. The van der Waals surface area contributed by atoms with Crippen LogP contribution in [0.2, 0.25) is 0 Å².